The molecule has 26 heavy (non-hydrogen) atoms. The van der Waals surface area contributed by atoms with Gasteiger partial charge in [0.1, 0.15) is 12.1 Å². The topological polar surface area (TPSA) is 96.7 Å². The zero-order valence-electron chi connectivity index (χ0n) is 14.1. The molecule has 2 unspecified atom stereocenters. The lowest BCUT2D eigenvalue weighted by Crippen LogP contribution is -2.38. The molecule has 2 aromatic rings. The highest BCUT2D eigenvalue weighted by atomic mass is 16.4. The summed E-state index contributed by atoms with van der Waals surface area (Å²) in [7, 11) is 0. The first kappa shape index (κ1) is 16.5. The van der Waals surface area contributed by atoms with E-state index in [1.165, 1.54) is 6.07 Å². The van der Waals surface area contributed by atoms with Crippen LogP contribution in [-0.2, 0) is 14.4 Å². The smallest absolute Gasteiger partial charge is 0.336 e. The van der Waals surface area contributed by atoms with Crippen LogP contribution >= 0.6 is 0 Å². The van der Waals surface area contributed by atoms with Crippen LogP contribution in [0.15, 0.2) is 39.5 Å². The van der Waals surface area contributed by atoms with Gasteiger partial charge in [0, 0.05) is 17.1 Å². The lowest BCUT2D eigenvalue weighted by atomic mass is 9.81. The third kappa shape index (κ3) is 2.89. The molecule has 134 valence electrons. The van der Waals surface area contributed by atoms with Gasteiger partial charge in [-0.15, -0.1) is 0 Å². The number of rotatable bonds is 3. The molecule has 2 aliphatic rings. The van der Waals surface area contributed by atoms with Gasteiger partial charge in [0.2, 0.25) is 17.7 Å². The lowest BCUT2D eigenvalue weighted by molar-refractivity contribution is -0.142. The molecule has 0 radical (unpaired) electrons. The molecule has 1 aliphatic heterocycles. The van der Waals surface area contributed by atoms with E-state index in [-0.39, 0.29) is 30.2 Å². The molecule has 7 nitrogen and oxygen atoms in total. The summed E-state index contributed by atoms with van der Waals surface area (Å²) in [5.74, 6) is -1.40. The first-order valence-electron chi connectivity index (χ1n) is 8.72. The lowest BCUT2D eigenvalue weighted by Gasteiger charge is -2.19. The molecule has 3 amide bonds. The Morgan fingerprint density at radius 3 is 2.42 bits per heavy atom. The maximum absolute atomic E-state index is 12.4. The molecular weight excluding hydrogens is 336 g/mol. The van der Waals surface area contributed by atoms with Gasteiger partial charge in [0.05, 0.1) is 11.8 Å². The van der Waals surface area contributed by atoms with Crippen molar-refractivity contribution in [1.29, 1.82) is 0 Å². The van der Waals surface area contributed by atoms with Crippen molar-refractivity contribution in [2.75, 3.05) is 11.9 Å². The maximum Gasteiger partial charge on any atom is 0.336 e. The van der Waals surface area contributed by atoms with Crippen molar-refractivity contribution in [3.05, 3.63) is 40.8 Å². The zero-order valence-corrected chi connectivity index (χ0v) is 14.1. The summed E-state index contributed by atoms with van der Waals surface area (Å²) in [6.07, 6.45) is 3.35. The first-order valence-corrected chi connectivity index (χ1v) is 8.72. The summed E-state index contributed by atoms with van der Waals surface area (Å²) >= 11 is 0. The third-order valence-electron chi connectivity index (χ3n) is 5.14. The van der Waals surface area contributed by atoms with Crippen molar-refractivity contribution in [1.82, 2.24) is 4.90 Å². The van der Waals surface area contributed by atoms with Gasteiger partial charge in [0.25, 0.3) is 0 Å². The summed E-state index contributed by atoms with van der Waals surface area (Å²) in [6.45, 7) is -0.271. The average Bonchev–Trinajstić information content (AvgIpc) is 2.87. The number of amides is 3. The number of hydrogen-bond donors (Lipinski definition) is 1. The minimum absolute atomic E-state index is 0.227. The van der Waals surface area contributed by atoms with Crippen LogP contribution in [-0.4, -0.2) is 29.2 Å². The van der Waals surface area contributed by atoms with E-state index in [2.05, 4.69) is 5.32 Å². The second-order valence-electron chi connectivity index (χ2n) is 6.82. The summed E-state index contributed by atoms with van der Waals surface area (Å²) in [4.78, 5) is 49.5. The molecule has 1 saturated carbocycles. The maximum atomic E-state index is 12.4. The fraction of sp³-hybridized carbons (Fsp3) is 0.368. The first-order chi connectivity index (χ1) is 12.5. The van der Waals surface area contributed by atoms with Crippen molar-refractivity contribution in [2.45, 2.75) is 25.7 Å². The van der Waals surface area contributed by atoms with Gasteiger partial charge >= 0.3 is 5.63 Å². The van der Waals surface area contributed by atoms with Crippen molar-refractivity contribution in [3.63, 3.8) is 0 Å². The van der Waals surface area contributed by atoms with Crippen molar-refractivity contribution in [2.24, 2.45) is 11.8 Å². The summed E-state index contributed by atoms with van der Waals surface area (Å²) in [5, 5.41) is 3.36. The molecule has 2 heterocycles. The molecule has 2 fully saturated rings. The highest BCUT2D eigenvalue weighted by molar-refractivity contribution is 6.08. The van der Waals surface area contributed by atoms with E-state index in [4.69, 9.17) is 4.42 Å². The van der Waals surface area contributed by atoms with Gasteiger partial charge in [-0.05, 0) is 37.1 Å². The van der Waals surface area contributed by atoms with Gasteiger partial charge in [-0.2, -0.15) is 0 Å². The van der Waals surface area contributed by atoms with Gasteiger partial charge < -0.3 is 9.73 Å². The standard InChI is InChI=1S/C19H18N2O5/c22-16(10-21-18(24)13-3-1-2-4-14(13)19(21)25)20-12-6-7-15-11(9-12)5-8-17(23)26-15/h5-9,13-14H,1-4,10H2,(H,20,22). The number of carbonyl (C=O) groups is 3. The summed E-state index contributed by atoms with van der Waals surface area (Å²) in [6, 6.07) is 7.78. The van der Waals surface area contributed by atoms with Crippen LogP contribution in [0.4, 0.5) is 5.69 Å². The Bertz CT molecular complexity index is 940. The number of carbonyl (C=O) groups excluding carboxylic acids is 3. The van der Waals surface area contributed by atoms with E-state index in [0.29, 0.717) is 16.7 Å². The van der Waals surface area contributed by atoms with E-state index in [9.17, 15) is 19.2 Å². The SMILES string of the molecule is O=C(CN1C(=O)C2CCCCC2C1=O)Nc1ccc2oc(=O)ccc2c1. The summed E-state index contributed by atoms with van der Waals surface area (Å²) in [5.41, 5.74) is 0.485. The monoisotopic (exact) mass is 354 g/mol. The van der Waals surface area contributed by atoms with Gasteiger partial charge in [-0.3, -0.25) is 19.3 Å². The predicted molar refractivity (Wildman–Crippen MR) is 93.3 cm³/mol. The number of nitrogens with one attached hydrogen (secondary N) is 1. The molecule has 0 bridgehead atoms. The molecule has 0 spiro atoms. The van der Waals surface area contributed by atoms with Crippen LogP contribution < -0.4 is 10.9 Å². The molecular formula is C19H18N2O5. The Balaban J connectivity index is 1.47. The minimum atomic E-state index is -0.443. The number of imide groups is 1. The van der Waals surface area contributed by atoms with Crippen LogP contribution in [0, 0.1) is 11.8 Å². The van der Waals surface area contributed by atoms with Gasteiger partial charge in [0.15, 0.2) is 0 Å². The largest absolute Gasteiger partial charge is 0.423 e. The second kappa shape index (κ2) is 6.40. The molecule has 1 saturated heterocycles. The zero-order chi connectivity index (χ0) is 18.3. The molecule has 2 atom stereocenters. The van der Waals surface area contributed by atoms with Crippen molar-refractivity contribution >= 4 is 34.4 Å². The Morgan fingerprint density at radius 1 is 1.04 bits per heavy atom. The molecule has 1 aromatic carbocycles. The highest BCUT2D eigenvalue weighted by Crippen LogP contribution is 2.37. The number of likely N-dealkylation sites (tertiary alicyclic amines) is 1. The Labute approximate surface area is 149 Å². The fourth-order valence-electron chi connectivity index (χ4n) is 3.88. The van der Waals surface area contributed by atoms with E-state index in [0.717, 1.165) is 30.6 Å². The highest BCUT2D eigenvalue weighted by Gasteiger charge is 2.48. The normalized spacial score (nSPS) is 22.5. The second-order valence-corrected chi connectivity index (χ2v) is 6.82. The van der Waals surface area contributed by atoms with Crippen LogP contribution in [0.2, 0.25) is 0 Å². The molecule has 1 aliphatic carbocycles. The van der Waals surface area contributed by atoms with E-state index >= 15 is 0 Å². The van der Waals surface area contributed by atoms with Gasteiger partial charge in [-0.1, -0.05) is 12.8 Å². The van der Waals surface area contributed by atoms with E-state index < -0.39 is 11.5 Å². The average molecular weight is 354 g/mol. The Morgan fingerprint density at radius 2 is 1.73 bits per heavy atom. The van der Waals surface area contributed by atoms with E-state index in [1.807, 2.05) is 0 Å². The Kier molecular flexibility index (Phi) is 4.06. The van der Waals surface area contributed by atoms with Crippen LogP contribution in [0.5, 0.6) is 0 Å². The van der Waals surface area contributed by atoms with Crippen LogP contribution in [0.1, 0.15) is 25.7 Å². The third-order valence-corrected chi connectivity index (χ3v) is 5.14. The predicted octanol–water partition coefficient (Wildman–Crippen LogP) is 1.91. The number of nitrogens with zero attached hydrogens (tertiary/aromatic N) is 1. The number of anilines is 1. The van der Waals surface area contributed by atoms with Gasteiger partial charge in [-0.25, -0.2) is 4.79 Å². The summed E-state index contributed by atoms with van der Waals surface area (Å²) < 4.78 is 5.05. The number of hydrogen-bond acceptors (Lipinski definition) is 5. The van der Waals surface area contributed by atoms with Crippen molar-refractivity contribution in [3.8, 4) is 0 Å². The Hall–Kier alpha value is -2.96. The van der Waals surface area contributed by atoms with Crippen molar-refractivity contribution < 1.29 is 18.8 Å². The molecule has 1 N–H and O–H groups in total. The molecule has 4 rings (SSSR count). The minimum Gasteiger partial charge on any atom is -0.423 e. The van der Waals surface area contributed by atoms with E-state index in [1.54, 1.807) is 24.3 Å². The van der Waals surface area contributed by atoms with Crippen LogP contribution in [0.25, 0.3) is 11.0 Å². The number of fused-ring (bicyclic) bond motifs is 2. The fourth-order valence-corrected chi connectivity index (χ4v) is 3.88. The van der Waals surface area contributed by atoms with Crippen LogP contribution in [0.3, 0.4) is 0 Å². The molecule has 7 heteroatoms. The number of benzene rings is 1. The quantitative estimate of drug-likeness (QED) is 0.671. The molecule has 1 aromatic heterocycles.